The summed E-state index contributed by atoms with van der Waals surface area (Å²) in [5, 5.41) is 9.28. The third-order valence-electron chi connectivity index (χ3n) is 3.07. The molecule has 1 atom stereocenters. The molecular formula is C13H23NO. The number of aliphatic hydroxyl groups excluding tert-OH is 1. The van der Waals surface area contributed by atoms with E-state index < -0.39 is 0 Å². The van der Waals surface area contributed by atoms with Crippen molar-refractivity contribution >= 4 is 0 Å². The summed E-state index contributed by atoms with van der Waals surface area (Å²) < 4.78 is 2.30. The summed E-state index contributed by atoms with van der Waals surface area (Å²) >= 11 is 0. The van der Waals surface area contributed by atoms with E-state index in [-0.39, 0.29) is 6.61 Å². The Morgan fingerprint density at radius 3 is 2.47 bits per heavy atom. The fraction of sp³-hybridized carbons (Fsp3) is 0.692. The van der Waals surface area contributed by atoms with Gasteiger partial charge < -0.3 is 9.67 Å². The minimum Gasteiger partial charge on any atom is -0.390 e. The SMILES string of the molecule is CCCCc1ccc(CO)n1C(C)CC. The molecule has 2 nitrogen and oxygen atoms in total. The van der Waals surface area contributed by atoms with E-state index in [1.807, 2.05) is 0 Å². The van der Waals surface area contributed by atoms with E-state index in [1.54, 1.807) is 0 Å². The Kier molecular flexibility index (Phi) is 4.89. The van der Waals surface area contributed by atoms with Crippen molar-refractivity contribution in [2.24, 2.45) is 0 Å². The van der Waals surface area contributed by atoms with Crippen LogP contribution in [0.4, 0.5) is 0 Å². The Morgan fingerprint density at radius 1 is 1.27 bits per heavy atom. The van der Waals surface area contributed by atoms with Crippen LogP contribution in [0.3, 0.4) is 0 Å². The van der Waals surface area contributed by atoms with Gasteiger partial charge in [0.25, 0.3) is 0 Å². The topological polar surface area (TPSA) is 25.2 Å². The van der Waals surface area contributed by atoms with Gasteiger partial charge in [-0.05, 0) is 38.3 Å². The first kappa shape index (κ1) is 12.3. The molecule has 2 heteroatoms. The summed E-state index contributed by atoms with van der Waals surface area (Å²) in [5.41, 5.74) is 2.42. The van der Waals surface area contributed by atoms with Crippen LogP contribution in [-0.2, 0) is 13.0 Å². The zero-order valence-electron chi connectivity index (χ0n) is 10.2. The van der Waals surface area contributed by atoms with Crippen molar-refractivity contribution in [2.45, 2.75) is 59.1 Å². The Hall–Kier alpha value is -0.760. The first-order valence-electron chi connectivity index (χ1n) is 6.04. The van der Waals surface area contributed by atoms with Crippen molar-refractivity contribution in [2.75, 3.05) is 0 Å². The molecule has 0 saturated carbocycles. The average Bonchev–Trinajstić information content (AvgIpc) is 2.68. The van der Waals surface area contributed by atoms with Gasteiger partial charge in [0.15, 0.2) is 0 Å². The lowest BCUT2D eigenvalue weighted by molar-refractivity contribution is 0.265. The van der Waals surface area contributed by atoms with Crippen LogP contribution in [0.1, 0.15) is 57.5 Å². The van der Waals surface area contributed by atoms with Gasteiger partial charge in [0.2, 0.25) is 0 Å². The summed E-state index contributed by atoms with van der Waals surface area (Å²) in [7, 11) is 0. The van der Waals surface area contributed by atoms with E-state index in [0.29, 0.717) is 6.04 Å². The van der Waals surface area contributed by atoms with Gasteiger partial charge in [-0.25, -0.2) is 0 Å². The predicted octanol–water partition coefficient (Wildman–Crippen LogP) is 3.29. The van der Waals surface area contributed by atoms with E-state index in [1.165, 1.54) is 18.5 Å². The lowest BCUT2D eigenvalue weighted by atomic mass is 10.2. The van der Waals surface area contributed by atoms with Crippen molar-refractivity contribution in [3.05, 3.63) is 23.5 Å². The van der Waals surface area contributed by atoms with Crippen LogP contribution in [-0.4, -0.2) is 9.67 Å². The smallest absolute Gasteiger partial charge is 0.0833 e. The predicted molar refractivity (Wildman–Crippen MR) is 64.0 cm³/mol. The van der Waals surface area contributed by atoms with Gasteiger partial charge in [-0.15, -0.1) is 0 Å². The van der Waals surface area contributed by atoms with Crippen LogP contribution in [0.5, 0.6) is 0 Å². The molecule has 0 saturated heterocycles. The van der Waals surface area contributed by atoms with Gasteiger partial charge in [0.1, 0.15) is 0 Å². The van der Waals surface area contributed by atoms with Crippen molar-refractivity contribution in [3.63, 3.8) is 0 Å². The highest BCUT2D eigenvalue weighted by Crippen LogP contribution is 2.20. The van der Waals surface area contributed by atoms with Crippen LogP contribution in [0, 0.1) is 0 Å². The Bertz CT molecular complexity index is 291. The first-order valence-corrected chi connectivity index (χ1v) is 6.04. The summed E-state index contributed by atoms with van der Waals surface area (Å²) in [5.74, 6) is 0. The molecular weight excluding hydrogens is 186 g/mol. The number of unbranched alkanes of at least 4 members (excludes halogenated alkanes) is 1. The molecule has 1 aromatic rings. The molecule has 1 rings (SSSR count). The zero-order chi connectivity index (χ0) is 11.3. The Morgan fingerprint density at radius 2 is 1.93 bits per heavy atom. The van der Waals surface area contributed by atoms with Gasteiger partial charge in [-0.3, -0.25) is 0 Å². The molecule has 1 aromatic heterocycles. The molecule has 0 aliphatic carbocycles. The average molecular weight is 209 g/mol. The zero-order valence-corrected chi connectivity index (χ0v) is 10.2. The van der Waals surface area contributed by atoms with Gasteiger partial charge in [0, 0.05) is 17.4 Å². The number of rotatable bonds is 6. The standard InChI is InChI=1S/C13H23NO/c1-4-6-7-12-8-9-13(10-15)14(12)11(3)5-2/h8-9,11,15H,4-7,10H2,1-3H3. The van der Waals surface area contributed by atoms with Crippen LogP contribution in [0.2, 0.25) is 0 Å². The second-order valence-electron chi connectivity index (χ2n) is 4.20. The number of hydrogen-bond donors (Lipinski definition) is 1. The van der Waals surface area contributed by atoms with Crippen LogP contribution >= 0.6 is 0 Å². The van der Waals surface area contributed by atoms with E-state index in [2.05, 4.69) is 37.5 Å². The molecule has 0 aliphatic rings. The molecule has 0 aliphatic heterocycles. The number of aryl methyl sites for hydroxylation is 1. The van der Waals surface area contributed by atoms with E-state index >= 15 is 0 Å². The number of aliphatic hydroxyl groups is 1. The minimum atomic E-state index is 0.149. The monoisotopic (exact) mass is 209 g/mol. The maximum absolute atomic E-state index is 9.28. The molecule has 0 spiro atoms. The third-order valence-corrected chi connectivity index (χ3v) is 3.07. The van der Waals surface area contributed by atoms with E-state index in [9.17, 15) is 5.11 Å². The van der Waals surface area contributed by atoms with E-state index in [0.717, 1.165) is 18.5 Å². The molecule has 1 heterocycles. The largest absolute Gasteiger partial charge is 0.390 e. The highest BCUT2D eigenvalue weighted by molar-refractivity contribution is 5.17. The molecule has 0 radical (unpaired) electrons. The summed E-state index contributed by atoms with van der Waals surface area (Å²) in [4.78, 5) is 0. The summed E-state index contributed by atoms with van der Waals surface area (Å²) in [6.45, 7) is 6.77. The molecule has 0 fully saturated rings. The first-order chi connectivity index (χ1) is 7.24. The number of aromatic nitrogens is 1. The quantitative estimate of drug-likeness (QED) is 0.764. The van der Waals surface area contributed by atoms with E-state index in [4.69, 9.17) is 0 Å². The molecule has 0 bridgehead atoms. The molecule has 1 N–H and O–H groups in total. The molecule has 0 amide bonds. The lowest BCUT2D eigenvalue weighted by Crippen LogP contribution is -2.11. The molecule has 86 valence electrons. The van der Waals surface area contributed by atoms with Crippen LogP contribution in [0.15, 0.2) is 12.1 Å². The van der Waals surface area contributed by atoms with Crippen LogP contribution in [0.25, 0.3) is 0 Å². The normalized spacial score (nSPS) is 13.1. The second kappa shape index (κ2) is 5.96. The van der Waals surface area contributed by atoms with Gasteiger partial charge >= 0.3 is 0 Å². The summed E-state index contributed by atoms with van der Waals surface area (Å²) in [6, 6.07) is 4.71. The Balaban J connectivity index is 2.89. The number of nitrogens with zero attached hydrogens (tertiary/aromatic N) is 1. The fourth-order valence-electron chi connectivity index (χ4n) is 1.98. The van der Waals surface area contributed by atoms with Gasteiger partial charge in [-0.1, -0.05) is 20.3 Å². The van der Waals surface area contributed by atoms with Crippen LogP contribution < -0.4 is 0 Å². The van der Waals surface area contributed by atoms with Crippen molar-refractivity contribution in [1.29, 1.82) is 0 Å². The second-order valence-corrected chi connectivity index (χ2v) is 4.20. The maximum atomic E-state index is 9.28. The van der Waals surface area contributed by atoms with Crippen molar-refractivity contribution in [3.8, 4) is 0 Å². The van der Waals surface area contributed by atoms with Crippen molar-refractivity contribution < 1.29 is 5.11 Å². The van der Waals surface area contributed by atoms with Gasteiger partial charge in [0.05, 0.1) is 6.61 Å². The Labute approximate surface area is 92.9 Å². The summed E-state index contributed by atoms with van der Waals surface area (Å²) in [6.07, 6.45) is 4.69. The molecule has 0 aromatic carbocycles. The highest BCUT2D eigenvalue weighted by Gasteiger charge is 2.11. The number of hydrogen-bond acceptors (Lipinski definition) is 1. The lowest BCUT2D eigenvalue weighted by Gasteiger charge is -2.18. The highest BCUT2D eigenvalue weighted by atomic mass is 16.3. The minimum absolute atomic E-state index is 0.149. The molecule has 15 heavy (non-hydrogen) atoms. The molecule has 1 unspecified atom stereocenters. The maximum Gasteiger partial charge on any atom is 0.0833 e. The van der Waals surface area contributed by atoms with Gasteiger partial charge in [-0.2, -0.15) is 0 Å². The van der Waals surface area contributed by atoms with Crippen molar-refractivity contribution in [1.82, 2.24) is 4.57 Å². The fourth-order valence-corrected chi connectivity index (χ4v) is 1.98. The third kappa shape index (κ3) is 2.85.